The van der Waals surface area contributed by atoms with E-state index in [1.165, 1.54) is 26.0 Å². The van der Waals surface area contributed by atoms with E-state index in [-0.39, 0.29) is 22.3 Å². The summed E-state index contributed by atoms with van der Waals surface area (Å²) in [5.74, 6) is -0.484. The van der Waals surface area contributed by atoms with Crippen molar-refractivity contribution >= 4 is 37.5 Å². The van der Waals surface area contributed by atoms with E-state index in [0.29, 0.717) is 0 Å². The van der Waals surface area contributed by atoms with Gasteiger partial charge in [-0.05, 0) is 45.9 Å². The molecule has 28 heavy (non-hydrogen) atoms. The van der Waals surface area contributed by atoms with Crippen LogP contribution in [0.2, 0.25) is 0 Å². The molecule has 0 unspecified atom stereocenters. The summed E-state index contributed by atoms with van der Waals surface area (Å²) in [6.07, 6.45) is 1.06. The Morgan fingerprint density at radius 3 is 2.11 bits per heavy atom. The Kier molecular flexibility index (Phi) is 10.9. The monoisotopic (exact) mass is 454 g/mol. The van der Waals surface area contributed by atoms with Gasteiger partial charge < -0.3 is 15.0 Å². The SMILES string of the molecule is CCOC(=O)C[C@H](N)/C=C(\Cl)S(=O)(=O)C(C)C.Cc1ccc(S(=O)(=O)[O-])cc1. The number of rotatable bonds is 7. The average Bonchev–Trinajstić information content (AvgIpc) is 2.54. The van der Waals surface area contributed by atoms with Crippen molar-refractivity contribution in [3.05, 3.63) is 40.3 Å². The van der Waals surface area contributed by atoms with Gasteiger partial charge in [-0.25, -0.2) is 16.8 Å². The summed E-state index contributed by atoms with van der Waals surface area (Å²) in [5, 5.41) is -0.624. The molecular weight excluding hydrogens is 430 g/mol. The lowest BCUT2D eigenvalue weighted by Gasteiger charge is -2.09. The molecule has 0 heterocycles. The van der Waals surface area contributed by atoms with E-state index in [2.05, 4.69) is 4.74 Å². The standard InChI is InChI=1S/C10H18ClNO4S.C7H8O3S/c1-4-16-10(13)6-8(12)5-9(11)17(14,15)7(2)3;1-6-2-4-7(5-3-6)11(8,9)10/h5,7-8H,4,6,12H2,1-3H3;2-5H,1H3,(H,8,9,10)/p-1/b9-5+;/t8-;/m1./s1. The number of carbonyl (C=O) groups excluding carboxylic acids is 1. The second-order valence-electron chi connectivity index (χ2n) is 6.00. The number of hydrogen-bond donors (Lipinski definition) is 1. The van der Waals surface area contributed by atoms with Crippen LogP contribution in [0.5, 0.6) is 0 Å². The van der Waals surface area contributed by atoms with E-state index >= 15 is 0 Å². The predicted molar refractivity (Wildman–Crippen MR) is 106 cm³/mol. The lowest BCUT2D eigenvalue weighted by molar-refractivity contribution is -0.143. The lowest BCUT2D eigenvalue weighted by atomic mass is 10.2. The van der Waals surface area contributed by atoms with Crippen molar-refractivity contribution in [1.82, 2.24) is 0 Å². The Bertz CT molecular complexity index is 877. The van der Waals surface area contributed by atoms with Crippen LogP contribution in [0, 0.1) is 6.92 Å². The van der Waals surface area contributed by atoms with Crippen molar-refractivity contribution in [2.24, 2.45) is 5.73 Å². The third-order valence-corrected chi connectivity index (χ3v) is 6.80. The van der Waals surface area contributed by atoms with Gasteiger partial charge in [-0.15, -0.1) is 0 Å². The van der Waals surface area contributed by atoms with Crippen molar-refractivity contribution in [2.75, 3.05) is 6.61 Å². The van der Waals surface area contributed by atoms with Gasteiger partial charge in [0.25, 0.3) is 0 Å². The normalized spacial score (nSPS) is 13.5. The molecule has 1 atom stereocenters. The largest absolute Gasteiger partial charge is 0.744 e. The Balaban J connectivity index is 0.000000567. The molecule has 0 saturated heterocycles. The molecule has 0 bridgehead atoms. The van der Waals surface area contributed by atoms with Crippen molar-refractivity contribution in [3.63, 3.8) is 0 Å². The van der Waals surface area contributed by atoms with E-state index < -0.39 is 37.2 Å². The van der Waals surface area contributed by atoms with Gasteiger partial charge in [0.2, 0.25) is 0 Å². The molecule has 11 heteroatoms. The predicted octanol–water partition coefficient (Wildman–Crippen LogP) is 2.07. The van der Waals surface area contributed by atoms with Crippen molar-refractivity contribution in [2.45, 2.75) is 50.3 Å². The lowest BCUT2D eigenvalue weighted by Crippen LogP contribution is -2.24. The van der Waals surface area contributed by atoms with Gasteiger partial charge in [0.1, 0.15) is 14.5 Å². The summed E-state index contributed by atoms with van der Waals surface area (Å²) >= 11 is 5.66. The molecule has 0 spiro atoms. The molecule has 0 aliphatic carbocycles. The minimum absolute atomic E-state index is 0.0995. The van der Waals surface area contributed by atoms with Crippen LogP contribution in [0.1, 0.15) is 32.8 Å². The number of esters is 1. The van der Waals surface area contributed by atoms with E-state index in [1.807, 2.05) is 6.92 Å². The first kappa shape index (κ1) is 26.5. The topological polar surface area (TPSA) is 144 Å². The van der Waals surface area contributed by atoms with E-state index in [0.717, 1.165) is 11.6 Å². The first-order valence-corrected chi connectivity index (χ1v) is 11.6. The van der Waals surface area contributed by atoms with Crippen LogP contribution in [0.4, 0.5) is 0 Å². The highest BCUT2D eigenvalue weighted by atomic mass is 35.5. The molecule has 160 valence electrons. The van der Waals surface area contributed by atoms with E-state index in [4.69, 9.17) is 17.3 Å². The van der Waals surface area contributed by atoms with Gasteiger partial charge in [0.05, 0.1) is 23.2 Å². The highest BCUT2D eigenvalue weighted by Crippen LogP contribution is 2.18. The Morgan fingerprint density at radius 2 is 1.71 bits per heavy atom. The Labute approximate surface area is 171 Å². The molecule has 1 aromatic rings. The Morgan fingerprint density at radius 1 is 1.21 bits per heavy atom. The molecule has 1 aromatic carbocycles. The molecule has 0 aliphatic heterocycles. The van der Waals surface area contributed by atoms with Gasteiger partial charge in [-0.2, -0.15) is 0 Å². The first-order valence-electron chi connectivity index (χ1n) is 8.26. The number of aryl methyl sites for hydroxylation is 1. The number of nitrogens with two attached hydrogens (primary N) is 1. The molecule has 0 fully saturated rings. The Hall–Kier alpha value is -1.46. The molecule has 0 aliphatic rings. The summed E-state index contributed by atoms with van der Waals surface area (Å²) in [6.45, 7) is 6.79. The molecule has 0 amide bonds. The van der Waals surface area contributed by atoms with Gasteiger partial charge >= 0.3 is 5.97 Å². The summed E-state index contributed by atoms with van der Waals surface area (Å²) in [5.41, 5.74) is 6.50. The van der Waals surface area contributed by atoms with Crippen LogP contribution in [-0.2, 0) is 29.5 Å². The van der Waals surface area contributed by atoms with Crippen LogP contribution in [-0.4, -0.2) is 45.3 Å². The number of hydrogen-bond acceptors (Lipinski definition) is 8. The minimum Gasteiger partial charge on any atom is -0.744 e. The summed E-state index contributed by atoms with van der Waals surface area (Å²) < 4.78 is 58.7. The fraction of sp³-hybridized carbons (Fsp3) is 0.471. The first-order chi connectivity index (χ1) is 12.7. The molecule has 0 aromatic heterocycles. The van der Waals surface area contributed by atoms with Crippen molar-refractivity contribution in [1.29, 1.82) is 0 Å². The highest BCUT2D eigenvalue weighted by Gasteiger charge is 2.21. The summed E-state index contributed by atoms with van der Waals surface area (Å²) in [6, 6.07) is 5.01. The van der Waals surface area contributed by atoms with Crippen LogP contribution in [0.3, 0.4) is 0 Å². The summed E-state index contributed by atoms with van der Waals surface area (Å²) in [7, 11) is -7.80. The third kappa shape index (κ3) is 9.65. The maximum absolute atomic E-state index is 11.6. The number of halogens is 1. The van der Waals surface area contributed by atoms with E-state index in [1.54, 1.807) is 19.1 Å². The van der Waals surface area contributed by atoms with Gasteiger partial charge in [0, 0.05) is 6.04 Å². The number of benzene rings is 1. The van der Waals surface area contributed by atoms with Crippen LogP contribution < -0.4 is 5.73 Å². The van der Waals surface area contributed by atoms with Gasteiger partial charge in [0.15, 0.2) is 9.84 Å². The quantitative estimate of drug-likeness (QED) is 0.486. The minimum atomic E-state index is -4.27. The fourth-order valence-corrected chi connectivity index (χ4v) is 3.65. The highest BCUT2D eigenvalue weighted by molar-refractivity contribution is 7.97. The van der Waals surface area contributed by atoms with Gasteiger partial charge in [-0.1, -0.05) is 29.3 Å². The molecule has 2 N–H and O–H groups in total. The van der Waals surface area contributed by atoms with E-state index in [9.17, 15) is 26.2 Å². The zero-order valence-corrected chi connectivity index (χ0v) is 18.5. The van der Waals surface area contributed by atoms with Crippen LogP contribution in [0.25, 0.3) is 0 Å². The van der Waals surface area contributed by atoms with Crippen molar-refractivity contribution in [3.8, 4) is 0 Å². The smallest absolute Gasteiger partial charge is 0.307 e. The van der Waals surface area contributed by atoms with Crippen molar-refractivity contribution < 1.29 is 30.9 Å². The summed E-state index contributed by atoms with van der Waals surface area (Å²) in [4.78, 5) is 10.9. The molecular formula is C17H25ClNO7S2-. The average molecular weight is 455 g/mol. The van der Waals surface area contributed by atoms with Crippen LogP contribution >= 0.6 is 11.6 Å². The molecule has 0 saturated carbocycles. The second-order valence-corrected chi connectivity index (χ2v) is 10.5. The maximum atomic E-state index is 11.6. The third-order valence-electron chi connectivity index (χ3n) is 3.25. The zero-order chi connectivity index (χ0) is 22.1. The number of carbonyl (C=O) groups is 1. The fourth-order valence-electron chi connectivity index (χ4n) is 1.66. The number of ether oxygens (including phenoxy) is 1. The molecule has 1 rings (SSSR count). The maximum Gasteiger partial charge on any atom is 0.307 e. The zero-order valence-electron chi connectivity index (χ0n) is 16.1. The number of sulfone groups is 1. The molecule has 8 nitrogen and oxygen atoms in total. The van der Waals surface area contributed by atoms with Crippen LogP contribution in [0.15, 0.2) is 39.6 Å². The molecule has 0 radical (unpaired) electrons. The second kappa shape index (κ2) is 11.5. The van der Waals surface area contributed by atoms with Gasteiger partial charge in [-0.3, -0.25) is 4.79 Å².